The van der Waals surface area contributed by atoms with Gasteiger partial charge in [0.2, 0.25) is 11.8 Å². The molecular weight excluding hydrogens is 206 g/mol. The Kier molecular flexibility index (Phi) is 3.14. The van der Waals surface area contributed by atoms with Crippen molar-refractivity contribution in [1.29, 1.82) is 0 Å². The number of carbonyl (C=O) groups is 2. The Morgan fingerprint density at radius 2 is 2.12 bits per heavy atom. The third kappa shape index (κ3) is 2.19. The number of nitrogens with zero attached hydrogens (tertiary/aromatic N) is 2. The Hall–Kier alpha value is -1.10. The van der Waals surface area contributed by atoms with Gasteiger partial charge in [-0.15, -0.1) is 0 Å². The fraction of sp³-hybridized carbons (Fsp3) is 0.818. The zero-order valence-electron chi connectivity index (χ0n) is 9.90. The summed E-state index contributed by atoms with van der Waals surface area (Å²) >= 11 is 0. The molecule has 5 nitrogen and oxygen atoms in total. The van der Waals surface area contributed by atoms with E-state index in [1.165, 1.54) is 4.90 Å². The predicted octanol–water partition coefficient (Wildman–Crippen LogP) is -0.572. The minimum absolute atomic E-state index is 0.0239. The minimum Gasteiger partial charge on any atom is -0.349 e. The molecule has 2 saturated heterocycles. The first-order chi connectivity index (χ1) is 7.58. The van der Waals surface area contributed by atoms with Crippen LogP contribution >= 0.6 is 0 Å². The molecule has 0 aliphatic carbocycles. The smallest absolute Gasteiger partial charge is 0.223 e. The quantitative estimate of drug-likeness (QED) is 0.699. The van der Waals surface area contributed by atoms with Gasteiger partial charge in [0, 0.05) is 52.1 Å². The lowest BCUT2D eigenvalue weighted by Crippen LogP contribution is -2.46. The molecule has 2 rings (SSSR count). The maximum Gasteiger partial charge on any atom is 0.223 e. The summed E-state index contributed by atoms with van der Waals surface area (Å²) in [6.07, 6.45) is 1.75. The van der Waals surface area contributed by atoms with Gasteiger partial charge >= 0.3 is 0 Å². The molecule has 0 aromatic heterocycles. The standard InChI is InChI=1S/C11H19N3O2/c1-13(2)10(15)3-4-11(16)14-7-8-5-9(14)6-12-8/h8-9,12H,3-7H2,1-2H3/t8-,9-/m1/s1. The van der Waals surface area contributed by atoms with Gasteiger partial charge in [0.15, 0.2) is 0 Å². The number of likely N-dealkylation sites (tertiary alicyclic amines) is 1. The van der Waals surface area contributed by atoms with Crippen molar-refractivity contribution in [2.45, 2.75) is 31.3 Å². The van der Waals surface area contributed by atoms with E-state index < -0.39 is 0 Å². The van der Waals surface area contributed by atoms with E-state index in [-0.39, 0.29) is 11.8 Å². The molecule has 0 radical (unpaired) electrons. The van der Waals surface area contributed by atoms with Gasteiger partial charge in [-0.05, 0) is 6.42 Å². The topological polar surface area (TPSA) is 52.7 Å². The fourth-order valence-electron chi connectivity index (χ4n) is 2.45. The molecule has 2 bridgehead atoms. The average molecular weight is 225 g/mol. The van der Waals surface area contributed by atoms with Crippen LogP contribution in [0.5, 0.6) is 0 Å². The van der Waals surface area contributed by atoms with Gasteiger partial charge in [0.25, 0.3) is 0 Å². The number of nitrogens with one attached hydrogen (secondary N) is 1. The number of hydrogen-bond acceptors (Lipinski definition) is 3. The molecule has 2 fully saturated rings. The molecular formula is C11H19N3O2. The molecule has 2 heterocycles. The summed E-state index contributed by atoms with van der Waals surface area (Å²) in [6, 6.07) is 0.852. The van der Waals surface area contributed by atoms with Crippen LogP contribution in [0.25, 0.3) is 0 Å². The Bertz CT molecular complexity index is 304. The van der Waals surface area contributed by atoms with Gasteiger partial charge in [-0.1, -0.05) is 0 Å². The highest BCUT2D eigenvalue weighted by atomic mass is 16.2. The van der Waals surface area contributed by atoms with Gasteiger partial charge in [0.05, 0.1) is 0 Å². The molecule has 0 aromatic carbocycles. The van der Waals surface area contributed by atoms with Crippen molar-refractivity contribution in [3.05, 3.63) is 0 Å². The fourth-order valence-corrected chi connectivity index (χ4v) is 2.45. The lowest BCUT2D eigenvalue weighted by molar-refractivity contribution is -0.136. The van der Waals surface area contributed by atoms with Gasteiger partial charge < -0.3 is 15.1 Å². The summed E-state index contributed by atoms with van der Waals surface area (Å²) in [5.41, 5.74) is 0. The Labute approximate surface area is 95.8 Å². The summed E-state index contributed by atoms with van der Waals surface area (Å²) in [4.78, 5) is 26.7. The number of carbonyl (C=O) groups excluding carboxylic acids is 2. The second-order valence-corrected chi connectivity index (χ2v) is 4.83. The predicted molar refractivity (Wildman–Crippen MR) is 59.8 cm³/mol. The molecule has 2 aliphatic heterocycles. The molecule has 16 heavy (non-hydrogen) atoms. The first-order valence-electron chi connectivity index (χ1n) is 5.81. The van der Waals surface area contributed by atoms with E-state index in [2.05, 4.69) is 5.32 Å². The first kappa shape index (κ1) is 11.4. The van der Waals surface area contributed by atoms with E-state index in [1.54, 1.807) is 14.1 Å². The third-order valence-corrected chi connectivity index (χ3v) is 3.43. The highest BCUT2D eigenvalue weighted by Crippen LogP contribution is 2.23. The number of hydrogen-bond donors (Lipinski definition) is 1. The normalized spacial score (nSPS) is 27.2. The zero-order valence-corrected chi connectivity index (χ0v) is 9.90. The van der Waals surface area contributed by atoms with E-state index in [0.29, 0.717) is 24.9 Å². The minimum atomic E-state index is 0.0239. The Morgan fingerprint density at radius 1 is 1.38 bits per heavy atom. The van der Waals surface area contributed by atoms with Crippen molar-refractivity contribution in [2.75, 3.05) is 27.2 Å². The second-order valence-electron chi connectivity index (χ2n) is 4.83. The molecule has 1 N–H and O–H groups in total. The van der Waals surface area contributed by atoms with Gasteiger partial charge in [-0.2, -0.15) is 0 Å². The zero-order chi connectivity index (χ0) is 11.7. The largest absolute Gasteiger partial charge is 0.349 e. The number of rotatable bonds is 3. The maximum absolute atomic E-state index is 11.9. The van der Waals surface area contributed by atoms with Crippen molar-refractivity contribution in [3.8, 4) is 0 Å². The van der Waals surface area contributed by atoms with E-state index in [0.717, 1.165) is 19.5 Å². The van der Waals surface area contributed by atoms with Crippen LogP contribution in [0.15, 0.2) is 0 Å². The van der Waals surface area contributed by atoms with Crippen molar-refractivity contribution in [3.63, 3.8) is 0 Å². The van der Waals surface area contributed by atoms with Crippen molar-refractivity contribution in [1.82, 2.24) is 15.1 Å². The molecule has 0 spiro atoms. The molecule has 0 unspecified atom stereocenters. The highest BCUT2D eigenvalue weighted by Gasteiger charge is 2.39. The first-order valence-corrected chi connectivity index (χ1v) is 5.81. The van der Waals surface area contributed by atoms with Crippen LogP contribution in [0, 0.1) is 0 Å². The van der Waals surface area contributed by atoms with E-state index in [9.17, 15) is 9.59 Å². The van der Waals surface area contributed by atoms with Crippen LogP contribution in [-0.4, -0.2) is 60.9 Å². The molecule has 2 amide bonds. The van der Waals surface area contributed by atoms with E-state index in [4.69, 9.17) is 0 Å². The molecule has 5 heteroatoms. The van der Waals surface area contributed by atoms with Crippen LogP contribution in [-0.2, 0) is 9.59 Å². The molecule has 2 atom stereocenters. The summed E-state index contributed by atoms with van der Waals surface area (Å²) in [5, 5.41) is 3.35. The Morgan fingerprint density at radius 3 is 2.62 bits per heavy atom. The van der Waals surface area contributed by atoms with E-state index in [1.807, 2.05) is 4.90 Å². The van der Waals surface area contributed by atoms with E-state index >= 15 is 0 Å². The van der Waals surface area contributed by atoms with Crippen LogP contribution in [0.1, 0.15) is 19.3 Å². The third-order valence-electron chi connectivity index (χ3n) is 3.43. The van der Waals surface area contributed by atoms with Crippen LogP contribution in [0.4, 0.5) is 0 Å². The average Bonchev–Trinajstić information content (AvgIpc) is 2.86. The van der Waals surface area contributed by atoms with Crippen LogP contribution < -0.4 is 5.32 Å². The van der Waals surface area contributed by atoms with Gasteiger partial charge in [0.1, 0.15) is 0 Å². The van der Waals surface area contributed by atoms with Gasteiger partial charge in [-0.25, -0.2) is 0 Å². The highest BCUT2D eigenvalue weighted by molar-refractivity contribution is 5.84. The number of fused-ring (bicyclic) bond motifs is 2. The van der Waals surface area contributed by atoms with Gasteiger partial charge in [-0.3, -0.25) is 9.59 Å². The van der Waals surface area contributed by atoms with Crippen LogP contribution in [0.3, 0.4) is 0 Å². The van der Waals surface area contributed by atoms with Crippen molar-refractivity contribution in [2.24, 2.45) is 0 Å². The Balaban J connectivity index is 1.78. The number of piperazine rings is 1. The lowest BCUT2D eigenvalue weighted by atomic mass is 10.2. The maximum atomic E-state index is 11.9. The SMILES string of the molecule is CN(C)C(=O)CCC(=O)N1C[C@H]2C[C@@H]1CN2. The van der Waals surface area contributed by atoms with Crippen LogP contribution in [0.2, 0.25) is 0 Å². The second kappa shape index (κ2) is 4.41. The monoisotopic (exact) mass is 225 g/mol. The summed E-state index contributed by atoms with van der Waals surface area (Å²) in [6.45, 7) is 1.73. The number of amides is 2. The molecule has 2 aliphatic rings. The molecule has 0 aromatic rings. The summed E-state index contributed by atoms with van der Waals surface area (Å²) in [5.74, 6) is 0.153. The molecule has 0 saturated carbocycles. The van der Waals surface area contributed by atoms with Crippen molar-refractivity contribution < 1.29 is 9.59 Å². The van der Waals surface area contributed by atoms with Crippen molar-refractivity contribution >= 4 is 11.8 Å². The summed E-state index contributed by atoms with van der Waals surface area (Å²) < 4.78 is 0. The molecule has 90 valence electrons. The lowest BCUT2D eigenvalue weighted by Gasteiger charge is -2.27. The summed E-state index contributed by atoms with van der Waals surface area (Å²) in [7, 11) is 3.43.